The Balaban J connectivity index is 1.78. The number of hydrogen-bond acceptors (Lipinski definition) is 3. The number of nitrogens with zero attached hydrogens (tertiary/aromatic N) is 1. The van der Waals surface area contributed by atoms with Gasteiger partial charge in [-0.05, 0) is 19.4 Å². The third kappa shape index (κ3) is 3.78. The number of amides is 1. The number of ether oxygens (including phenoxy) is 1. The molecular weight excluding hydrogens is 240 g/mol. The Bertz CT molecular complexity index is 408. The first-order valence-corrected chi connectivity index (χ1v) is 6.83. The number of piperazine rings is 1. The molecule has 104 valence electrons. The van der Waals surface area contributed by atoms with Crippen LogP contribution in [0.3, 0.4) is 0 Å². The number of benzene rings is 1. The van der Waals surface area contributed by atoms with Crippen molar-refractivity contribution in [2.24, 2.45) is 0 Å². The highest BCUT2D eigenvalue weighted by molar-refractivity contribution is 5.78. The minimum absolute atomic E-state index is 0.0804. The summed E-state index contributed by atoms with van der Waals surface area (Å²) in [7, 11) is 0. The van der Waals surface area contributed by atoms with Crippen molar-refractivity contribution >= 4 is 5.91 Å². The normalized spacial score (nSPS) is 23.4. The van der Waals surface area contributed by atoms with Crippen LogP contribution in [0.15, 0.2) is 30.3 Å². The van der Waals surface area contributed by atoms with Crippen LogP contribution in [0.1, 0.15) is 19.4 Å². The van der Waals surface area contributed by atoms with Gasteiger partial charge in [-0.3, -0.25) is 4.79 Å². The smallest absolute Gasteiger partial charge is 0.248 e. The van der Waals surface area contributed by atoms with Crippen LogP contribution in [0.2, 0.25) is 0 Å². The van der Waals surface area contributed by atoms with Gasteiger partial charge in [0.1, 0.15) is 6.61 Å². The standard InChI is InChI=1S/C15H22N2O2/c1-12-13(2)17(9-8-16-12)15(18)11-19-10-14-6-4-3-5-7-14/h3-7,12-13,16H,8-11H2,1-2H3. The second-order valence-electron chi connectivity index (χ2n) is 5.05. The minimum atomic E-state index is 0.0804. The molecule has 0 spiro atoms. The highest BCUT2D eigenvalue weighted by atomic mass is 16.5. The summed E-state index contributed by atoms with van der Waals surface area (Å²) < 4.78 is 5.51. The van der Waals surface area contributed by atoms with E-state index in [1.165, 1.54) is 0 Å². The molecule has 0 aliphatic carbocycles. The monoisotopic (exact) mass is 262 g/mol. The first-order valence-electron chi connectivity index (χ1n) is 6.83. The van der Waals surface area contributed by atoms with Crippen LogP contribution in [0.5, 0.6) is 0 Å². The van der Waals surface area contributed by atoms with E-state index in [0.29, 0.717) is 12.6 Å². The summed E-state index contributed by atoms with van der Waals surface area (Å²) in [4.78, 5) is 14.0. The fourth-order valence-electron chi connectivity index (χ4n) is 2.32. The molecule has 1 N–H and O–H groups in total. The zero-order valence-corrected chi connectivity index (χ0v) is 11.6. The average Bonchev–Trinajstić information content (AvgIpc) is 2.43. The van der Waals surface area contributed by atoms with E-state index in [1.54, 1.807) is 0 Å². The Labute approximate surface area is 114 Å². The predicted molar refractivity (Wildman–Crippen MR) is 74.7 cm³/mol. The molecule has 1 fully saturated rings. The molecule has 1 aliphatic heterocycles. The van der Waals surface area contributed by atoms with E-state index in [1.807, 2.05) is 35.2 Å². The lowest BCUT2D eigenvalue weighted by Gasteiger charge is -2.38. The van der Waals surface area contributed by atoms with E-state index in [9.17, 15) is 4.79 Å². The number of rotatable bonds is 4. The fourth-order valence-corrected chi connectivity index (χ4v) is 2.32. The summed E-state index contributed by atoms with van der Waals surface area (Å²) >= 11 is 0. The molecule has 2 rings (SSSR count). The van der Waals surface area contributed by atoms with Gasteiger partial charge in [-0.2, -0.15) is 0 Å². The molecule has 1 aromatic rings. The number of carbonyl (C=O) groups excluding carboxylic acids is 1. The second kappa shape index (κ2) is 6.68. The molecule has 0 aromatic heterocycles. The van der Waals surface area contributed by atoms with Crippen LogP contribution in [-0.4, -0.2) is 42.6 Å². The molecule has 4 heteroatoms. The Morgan fingerprint density at radius 1 is 1.37 bits per heavy atom. The third-order valence-electron chi connectivity index (χ3n) is 3.69. The fraction of sp³-hybridized carbons (Fsp3) is 0.533. The molecule has 0 saturated carbocycles. The van der Waals surface area contributed by atoms with Crippen LogP contribution in [0.25, 0.3) is 0 Å². The van der Waals surface area contributed by atoms with Gasteiger partial charge in [0.2, 0.25) is 5.91 Å². The molecule has 2 atom stereocenters. The molecule has 1 heterocycles. The van der Waals surface area contributed by atoms with Gasteiger partial charge < -0.3 is 15.0 Å². The lowest BCUT2D eigenvalue weighted by molar-refractivity contribution is -0.140. The second-order valence-corrected chi connectivity index (χ2v) is 5.05. The van der Waals surface area contributed by atoms with Crippen molar-refractivity contribution in [3.8, 4) is 0 Å². The molecule has 0 radical (unpaired) electrons. The lowest BCUT2D eigenvalue weighted by Crippen LogP contribution is -2.57. The first-order chi connectivity index (χ1) is 9.18. The maximum Gasteiger partial charge on any atom is 0.248 e. The minimum Gasteiger partial charge on any atom is -0.367 e. The van der Waals surface area contributed by atoms with Gasteiger partial charge in [-0.25, -0.2) is 0 Å². The van der Waals surface area contributed by atoms with E-state index in [2.05, 4.69) is 19.2 Å². The van der Waals surface area contributed by atoms with Gasteiger partial charge in [0, 0.05) is 25.2 Å². The van der Waals surface area contributed by atoms with Crippen LogP contribution >= 0.6 is 0 Å². The van der Waals surface area contributed by atoms with Gasteiger partial charge in [-0.1, -0.05) is 30.3 Å². The van der Waals surface area contributed by atoms with Gasteiger partial charge in [0.25, 0.3) is 0 Å². The topological polar surface area (TPSA) is 41.6 Å². The van der Waals surface area contributed by atoms with Gasteiger partial charge in [0.05, 0.1) is 6.61 Å². The number of hydrogen-bond donors (Lipinski definition) is 1. The lowest BCUT2D eigenvalue weighted by atomic mass is 10.1. The van der Waals surface area contributed by atoms with Crippen LogP contribution in [0.4, 0.5) is 0 Å². The van der Waals surface area contributed by atoms with Crippen molar-refractivity contribution in [1.82, 2.24) is 10.2 Å². The third-order valence-corrected chi connectivity index (χ3v) is 3.69. The molecule has 2 unspecified atom stereocenters. The number of carbonyl (C=O) groups is 1. The summed E-state index contributed by atoms with van der Waals surface area (Å²) in [6, 6.07) is 10.5. The molecule has 4 nitrogen and oxygen atoms in total. The van der Waals surface area contributed by atoms with E-state index in [0.717, 1.165) is 18.7 Å². The summed E-state index contributed by atoms with van der Waals surface area (Å²) in [5.74, 6) is 0.0804. The highest BCUT2D eigenvalue weighted by Gasteiger charge is 2.27. The van der Waals surface area contributed by atoms with E-state index in [4.69, 9.17) is 4.74 Å². The molecule has 0 bridgehead atoms. The van der Waals surface area contributed by atoms with Crippen molar-refractivity contribution < 1.29 is 9.53 Å². The van der Waals surface area contributed by atoms with Crippen molar-refractivity contribution in [3.63, 3.8) is 0 Å². The molecule has 1 saturated heterocycles. The molecule has 19 heavy (non-hydrogen) atoms. The highest BCUT2D eigenvalue weighted by Crippen LogP contribution is 2.09. The molecule has 1 aliphatic rings. The van der Waals surface area contributed by atoms with Crippen LogP contribution in [-0.2, 0) is 16.1 Å². The molecular formula is C15H22N2O2. The molecule has 1 amide bonds. The number of nitrogens with one attached hydrogen (secondary N) is 1. The van der Waals surface area contributed by atoms with Crippen LogP contribution < -0.4 is 5.32 Å². The Kier molecular flexibility index (Phi) is 4.93. The largest absolute Gasteiger partial charge is 0.367 e. The van der Waals surface area contributed by atoms with Gasteiger partial charge >= 0.3 is 0 Å². The van der Waals surface area contributed by atoms with Crippen LogP contribution in [0, 0.1) is 0 Å². The summed E-state index contributed by atoms with van der Waals surface area (Å²) in [6.07, 6.45) is 0. The van der Waals surface area contributed by atoms with Gasteiger partial charge in [0.15, 0.2) is 0 Å². The van der Waals surface area contributed by atoms with E-state index < -0.39 is 0 Å². The van der Waals surface area contributed by atoms with E-state index >= 15 is 0 Å². The summed E-state index contributed by atoms with van der Waals surface area (Å²) in [6.45, 7) is 6.45. The van der Waals surface area contributed by atoms with Crippen molar-refractivity contribution in [1.29, 1.82) is 0 Å². The zero-order chi connectivity index (χ0) is 13.7. The summed E-state index contributed by atoms with van der Waals surface area (Å²) in [5.41, 5.74) is 1.09. The average molecular weight is 262 g/mol. The zero-order valence-electron chi connectivity index (χ0n) is 11.6. The Hall–Kier alpha value is -1.39. The Morgan fingerprint density at radius 3 is 2.84 bits per heavy atom. The van der Waals surface area contributed by atoms with Crippen molar-refractivity contribution in [2.45, 2.75) is 32.5 Å². The first kappa shape index (κ1) is 14.0. The Morgan fingerprint density at radius 2 is 2.11 bits per heavy atom. The predicted octanol–water partition coefficient (Wildman–Crippen LogP) is 1.41. The maximum absolute atomic E-state index is 12.1. The van der Waals surface area contributed by atoms with Gasteiger partial charge in [-0.15, -0.1) is 0 Å². The maximum atomic E-state index is 12.1. The van der Waals surface area contributed by atoms with Crippen molar-refractivity contribution in [2.75, 3.05) is 19.7 Å². The van der Waals surface area contributed by atoms with E-state index in [-0.39, 0.29) is 18.6 Å². The van der Waals surface area contributed by atoms with Crippen molar-refractivity contribution in [3.05, 3.63) is 35.9 Å². The quantitative estimate of drug-likeness (QED) is 0.892. The SMILES string of the molecule is CC1NCCN(C(=O)COCc2ccccc2)C1C. The summed E-state index contributed by atoms with van der Waals surface area (Å²) in [5, 5.41) is 3.36. The molecule has 1 aromatic carbocycles.